The molecule has 1 aromatic heterocycles. The highest BCUT2D eigenvalue weighted by molar-refractivity contribution is 4.90. The van der Waals surface area contributed by atoms with Gasteiger partial charge >= 0.3 is 0 Å². The second-order valence-electron chi connectivity index (χ2n) is 2.77. The average molecular weight is 155 g/mol. The topological polar surface area (TPSA) is 50.9 Å². The summed E-state index contributed by atoms with van der Waals surface area (Å²) >= 11 is 0. The van der Waals surface area contributed by atoms with Crippen LogP contribution in [0.25, 0.3) is 0 Å². The lowest BCUT2D eigenvalue weighted by Crippen LogP contribution is -2.07. The minimum absolute atomic E-state index is 0.0426. The van der Waals surface area contributed by atoms with Crippen molar-refractivity contribution < 1.29 is 5.11 Å². The van der Waals surface area contributed by atoms with E-state index in [1.807, 2.05) is 20.8 Å². The van der Waals surface area contributed by atoms with Gasteiger partial charge in [0.05, 0.1) is 0 Å². The van der Waals surface area contributed by atoms with E-state index in [1.165, 1.54) is 0 Å². The predicted molar refractivity (Wildman–Crippen MR) is 41.1 cm³/mol. The first-order valence-corrected chi connectivity index (χ1v) is 3.68. The van der Waals surface area contributed by atoms with Gasteiger partial charge in [0.1, 0.15) is 12.4 Å². The van der Waals surface area contributed by atoms with Crippen molar-refractivity contribution >= 4 is 0 Å². The number of aromatic nitrogens is 3. The lowest BCUT2D eigenvalue weighted by Gasteiger charge is -2.06. The second-order valence-corrected chi connectivity index (χ2v) is 2.77. The molecule has 4 heteroatoms. The van der Waals surface area contributed by atoms with Crippen molar-refractivity contribution in [3.63, 3.8) is 0 Å². The molecule has 1 rings (SSSR count). The van der Waals surface area contributed by atoms with E-state index in [0.717, 1.165) is 0 Å². The zero-order valence-corrected chi connectivity index (χ0v) is 7.07. The Balaban J connectivity index is 3.02. The average Bonchev–Trinajstić information content (AvgIpc) is 2.30. The maximum Gasteiger partial charge on any atom is 0.153 e. The summed E-state index contributed by atoms with van der Waals surface area (Å²) in [5, 5.41) is 13.0. The number of hydrogen-bond acceptors (Lipinski definition) is 3. The van der Waals surface area contributed by atoms with Gasteiger partial charge in [-0.25, -0.2) is 9.67 Å². The van der Waals surface area contributed by atoms with Crippen molar-refractivity contribution in [2.75, 3.05) is 0 Å². The van der Waals surface area contributed by atoms with E-state index >= 15 is 0 Å². The molecule has 0 spiro atoms. The highest BCUT2D eigenvalue weighted by atomic mass is 16.3. The van der Waals surface area contributed by atoms with Crippen LogP contribution in [-0.2, 0) is 6.61 Å². The third-order valence-corrected chi connectivity index (χ3v) is 1.44. The smallest absolute Gasteiger partial charge is 0.153 e. The number of nitrogens with zero attached hydrogens (tertiary/aromatic N) is 3. The number of rotatable bonds is 2. The normalized spacial score (nSPS) is 11.0. The van der Waals surface area contributed by atoms with Crippen LogP contribution < -0.4 is 0 Å². The summed E-state index contributed by atoms with van der Waals surface area (Å²) in [6, 6.07) is 0.262. The van der Waals surface area contributed by atoms with Crippen molar-refractivity contribution in [3.05, 3.63) is 11.6 Å². The number of hydrogen-bond donors (Lipinski definition) is 1. The third kappa shape index (κ3) is 1.57. The SMILES string of the molecule is Cc1nc(CO)n(C(C)C)n1. The molecular weight excluding hydrogens is 142 g/mol. The summed E-state index contributed by atoms with van der Waals surface area (Å²) in [5.41, 5.74) is 0. The van der Waals surface area contributed by atoms with Crippen LogP contribution >= 0.6 is 0 Å². The Hall–Kier alpha value is -0.900. The first-order chi connectivity index (χ1) is 5.15. The molecule has 0 atom stereocenters. The molecule has 0 bridgehead atoms. The molecule has 0 aliphatic rings. The summed E-state index contributed by atoms with van der Waals surface area (Å²) in [7, 11) is 0. The van der Waals surface area contributed by atoms with Crippen LogP contribution in [0.15, 0.2) is 0 Å². The minimum atomic E-state index is -0.0426. The van der Waals surface area contributed by atoms with Gasteiger partial charge in [-0.05, 0) is 20.8 Å². The van der Waals surface area contributed by atoms with E-state index in [-0.39, 0.29) is 12.6 Å². The lowest BCUT2D eigenvalue weighted by molar-refractivity contribution is 0.259. The largest absolute Gasteiger partial charge is 0.388 e. The molecule has 0 aliphatic heterocycles. The Morgan fingerprint density at radius 1 is 1.55 bits per heavy atom. The fourth-order valence-electron chi connectivity index (χ4n) is 0.995. The fourth-order valence-corrected chi connectivity index (χ4v) is 0.995. The highest BCUT2D eigenvalue weighted by Crippen LogP contribution is 2.06. The number of aliphatic hydroxyl groups is 1. The third-order valence-electron chi connectivity index (χ3n) is 1.44. The Kier molecular flexibility index (Phi) is 2.24. The molecule has 0 aromatic carbocycles. The maximum atomic E-state index is 8.86. The molecule has 0 saturated heterocycles. The van der Waals surface area contributed by atoms with Crippen LogP contribution in [-0.4, -0.2) is 19.9 Å². The first-order valence-electron chi connectivity index (χ1n) is 3.68. The predicted octanol–water partition coefficient (Wildman–Crippen LogP) is 0.660. The molecule has 11 heavy (non-hydrogen) atoms. The molecule has 1 aromatic rings. The summed E-state index contributed by atoms with van der Waals surface area (Å²) in [6.45, 7) is 5.79. The van der Waals surface area contributed by atoms with Gasteiger partial charge in [-0.1, -0.05) is 0 Å². The van der Waals surface area contributed by atoms with Gasteiger partial charge in [-0.3, -0.25) is 0 Å². The van der Waals surface area contributed by atoms with Crippen molar-refractivity contribution in [2.45, 2.75) is 33.4 Å². The quantitative estimate of drug-likeness (QED) is 0.682. The zero-order chi connectivity index (χ0) is 8.43. The molecule has 0 radical (unpaired) electrons. The lowest BCUT2D eigenvalue weighted by atomic mass is 10.4. The number of aliphatic hydroxyl groups excluding tert-OH is 1. The van der Waals surface area contributed by atoms with Crippen LogP contribution in [0.4, 0.5) is 0 Å². The van der Waals surface area contributed by atoms with E-state index in [2.05, 4.69) is 10.1 Å². The fraction of sp³-hybridized carbons (Fsp3) is 0.714. The summed E-state index contributed by atoms with van der Waals surface area (Å²) in [6.07, 6.45) is 0. The summed E-state index contributed by atoms with van der Waals surface area (Å²) in [5.74, 6) is 1.35. The Bertz CT molecular complexity index is 242. The van der Waals surface area contributed by atoms with Gasteiger partial charge in [-0.2, -0.15) is 5.10 Å². The highest BCUT2D eigenvalue weighted by Gasteiger charge is 2.07. The molecule has 4 nitrogen and oxygen atoms in total. The molecule has 0 fully saturated rings. The monoisotopic (exact) mass is 155 g/mol. The van der Waals surface area contributed by atoms with E-state index in [4.69, 9.17) is 5.11 Å². The van der Waals surface area contributed by atoms with Crippen LogP contribution in [0.2, 0.25) is 0 Å². The zero-order valence-electron chi connectivity index (χ0n) is 7.07. The van der Waals surface area contributed by atoms with Crippen molar-refractivity contribution in [1.29, 1.82) is 0 Å². The molecule has 0 aliphatic carbocycles. The van der Waals surface area contributed by atoms with E-state index < -0.39 is 0 Å². The van der Waals surface area contributed by atoms with Crippen molar-refractivity contribution in [1.82, 2.24) is 14.8 Å². The molecular formula is C7H13N3O. The summed E-state index contributed by atoms with van der Waals surface area (Å²) in [4.78, 5) is 4.05. The second kappa shape index (κ2) is 3.00. The molecule has 1 heterocycles. The molecule has 0 unspecified atom stereocenters. The van der Waals surface area contributed by atoms with Crippen molar-refractivity contribution in [2.24, 2.45) is 0 Å². The molecule has 62 valence electrons. The molecule has 1 N–H and O–H groups in total. The maximum absolute atomic E-state index is 8.86. The standard InChI is InChI=1S/C7H13N3O/c1-5(2)10-7(4-11)8-6(3)9-10/h5,11H,4H2,1-3H3. The van der Waals surface area contributed by atoms with E-state index in [9.17, 15) is 0 Å². The van der Waals surface area contributed by atoms with Gasteiger partial charge < -0.3 is 5.11 Å². The van der Waals surface area contributed by atoms with Gasteiger partial charge in [0.2, 0.25) is 0 Å². The van der Waals surface area contributed by atoms with Crippen LogP contribution in [0.3, 0.4) is 0 Å². The van der Waals surface area contributed by atoms with Gasteiger partial charge in [0.25, 0.3) is 0 Å². The van der Waals surface area contributed by atoms with E-state index in [0.29, 0.717) is 11.6 Å². The summed E-state index contributed by atoms with van der Waals surface area (Å²) < 4.78 is 1.73. The van der Waals surface area contributed by atoms with Gasteiger partial charge in [-0.15, -0.1) is 0 Å². The molecule has 0 saturated carbocycles. The first kappa shape index (κ1) is 8.20. The Morgan fingerprint density at radius 3 is 2.55 bits per heavy atom. The minimum Gasteiger partial charge on any atom is -0.388 e. The Labute approximate surface area is 65.9 Å². The van der Waals surface area contributed by atoms with Crippen LogP contribution in [0.1, 0.15) is 31.5 Å². The van der Waals surface area contributed by atoms with Crippen LogP contribution in [0, 0.1) is 6.92 Å². The van der Waals surface area contributed by atoms with Gasteiger partial charge in [0, 0.05) is 6.04 Å². The Morgan fingerprint density at radius 2 is 2.18 bits per heavy atom. The van der Waals surface area contributed by atoms with Crippen molar-refractivity contribution in [3.8, 4) is 0 Å². The van der Waals surface area contributed by atoms with Crippen LogP contribution in [0.5, 0.6) is 0 Å². The molecule has 0 amide bonds. The number of aryl methyl sites for hydroxylation is 1. The van der Waals surface area contributed by atoms with Gasteiger partial charge in [0.15, 0.2) is 5.82 Å². The van der Waals surface area contributed by atoms with E-state index in [1.54, 1.807) is 4.68 Å².